The zero-order valence-corrected chi connectivity index (χ0v) is 14.1. The normalized spacial score (nSPS) is 17.3. The predicted molar refractivity (Wildman–Crippen MR) is 94.9 cm³/mol. The molecule has 0 spiro atoms. The quantitative estimate of drug-likeness (QED) is 0.740. The van der Waals surface area contributed by atoms with Gasteiger partial charge in [-0.15, -0.1) is 0 Å². The molecule has 4 heterocycles. The number of rotatable bonds is 3. The molecule has 1 saturated heterocycles. The molecular formula is C18H22N6. The van der Waals surface area contributed by atoms with Crippen molar-refractivity contribution in [3.63, 3.8) is 0 Å². The molecule has 0 N–H and O–H groups in total. The lowest BCUT2D eigenvalue weighted by atomic mass is 10.1. The Hall–Kier alpha value is -2.47. The highest BCUT2D eigenvalue weighted by Crippen LogP contribution is 2.23. The van der Waals surface area contributed by atoms with Crippen LogP contribution in [0.4, 0.5) is 5.69 Å². The molecule has 1 aliphatic heterocycles. The largest absolute Gasteiger partial charge is 0.366 e. The van der Waals surface area contributed by atoms with E-state index in [0.29, 0.717) is 6.04 Å². The highest BCUT2D eigenvalue weighted by atomic mass is 15.3. The van der Waals surface area contributed by atoms with Gasteiger partial charge >= 0.3 is 0 Å². The molecule has 6 nitrogen and oxygen atoms in total. The molecule has 0 aliphatic carbocycles. The number of hydrogen-bond donors (Lipinski definition) is 0. The number of anilines is 1. The van der Waals surface area contributed by atoms with Gasteiger partial charge in [0.15, 0.2) is 5.65 Å². The van der Waals surface area contributed by atoms with Gasteiger partial charge in [-0.2, -0.15) is 5.10 Å². The summed E-state index contributed by atoms with van der Waals surface area (Å²) in [5.74, 6) is 0. The molecule has 0 amide bonds. The summed E-state index contributed by atoms with van der Waals surface area (Å²) >= 11 is 0. The second kappa shape index (κ2) is 6.20. The molecule has 4 rings (SSSR count). The lowest BCUT2D eigenvalue weighted by Crippen LogP contribution is -2.47. The van der Waals surface area contributed by atoms with Crippen LogP contribution in [0.25, 0.3) is 11.0 Å². The van der Waals surface area contributed by atoms with E-state index >= 15 is 0 Å². The van der Waals surface area contributed by atoms with Crippen LogP contribution in [0, 0.1) is 0 Å². The Morgan fingerprint density at radius 2 is 1.92 bits per heavy atom. The van der Waals surface area contributed by atoms with Gasteiger partial charge in [0.2, 0.25) is 0 Å². The minimum Gasteiger partial charge on any atom is -0.366 e. The van der Waals surface area contributed by atoms with Crippen LogP contribution in [-0.4, -0.2) is 50.8 Å². The van der Waals surface area contributed by atoms with Gasteiger partial charge in [-0.05, 0) is 31.2 Å². The van der Waals surface area contributed by atoms with Crippen LogP contribution in [-0.2, 0) is 7.05 Å². The summed E-state index contributed by atoms with van der Waals surface area (Å²) in [7, 11) is 1.96. The number of pyridine rings is 2. The fourth-order valence-electron chi connectivity index (χ4n) is 3.33. The number of piperazine rings is 1. The summed E-state index contributed by atoms with van der Waals surface area (Å²) in [4.78, 5) is 14.0. The van der Waals surface area contributed by atoms with Crippen molar-refractivity contribution in [2.75, 3.05) is 31.1 Å². The molecule has 124 valence electrons. The van der Waals surface area contributed by atoms with Crippen molar-refractivity contribution in [1.82, 2.24) is 24.6 Å². The third-order valence-electron chi connectivity index (χ3n) is 4.83. The van der Waals surface area contributed by atoms with E-state index in [9.17, 15) is 0 Å². The van der Waals surface area contributed by atoms with Gasteiger partial charge < -0.3 is 4.90 Å². The zero-order chi connectivity index (χ0) is 16.5. The Bertz CT molecular complexity index is 834. The molecule has 1 atom stereocenters. The van der Waals surface area contributed by atoms with E-state index < -0.39 is 0 Å². The van der Waals surface area contributed by atoms with Gasteiger partial charge in [0.05, 0.1) is 17.6 Å². The maximum absolute atomic E-state index is 4.75. The fraction of sp³-hybridized carbons (Fsp3) is 0.389. The molecule has 1 aliphatic rings. The summed E-state index contributed by atoms with van der Waals surface area (Å²) in [6.07, 6.45) is 5.82. The minimum absolute atomic E-state index is 0.299. The first kappa shape index (κ1) is 15.1. The molecule has 24 heavy (non-hydrogen) atoms. The highest BCUT2D eigenvalue weighted by molar-refractivity contribution is 5.74. The Balaban J connectivity index is 1.46. The summed E-state index contributed by atoms with van der Waals surface area (Å²) in [6, 6.07) is 8.55. The van der Waals surface area contributed by atoms with E-state index in [0.717, 1.165) is 42.9 Å². The predicted octanol–water partition coefficient (Wildman–Crippen LogP) is 2.25. The lowest BCUT2D eigenvalue weighted by Gasteiger charge is -2.38. The van der Waals surface area contributed by atoms with Crippen LogP contribution in [0.2, 0.25) is 0 Å². The number of hydrogen-bond acceptors (Lipinski definition) is 5. The van der Waals surface area contributed by atoms with Gasteiger partial charge in [0.25, 0.3) is 0 Å². The molecule has 6 heteroatoms. The van der Waals surface area contributed by atoms with Crippen LogP contribution >= 0.6 is 0 Å². The fourth-order valence-corrected chi connectivity index (χ4v) is 3.33. The summed E-state index contributed by atoms with van der Waals surface area (Å²) in [5, 5.41) is 5.36. The second-order valence-corrected chi connectivity index (χ2v) is 6.36. The number of fused-ring (bicyclic) bond motifs is 1. The number of aryl methyl sites for hydroxylation is 1. The third-order valence-corrected chi connectivity index (χ3v) is 4.83. The maximum Gasteiger partial charge on any atom is 0.159 e. The molecule has 0 radical (unpaired) electrons. The van der Waals surface area contributed by atoms with Gasteiger partial charge in [-0.1, -0.05) is 0 Å². The van der Waals surface area contributed by atoms with Crippen molar-refractivity contribution in [2.24, 2.45) is 7.05 Å². The van der Waals surface area contributed by atoms with E-state index in [1.54, 1.807) is 6.20 Å². The first-order valence-corrected chi connectivity index (χ1v) is 8.40. The molecule has 1 fully saturated rings. The Morgan fingerprint density at radius 1 is 1.08 bits per heavy atom. The number of aromatic nitrogens is 4. The first-order chi connectivity index (χ1) is 11.7. The van der Waals surface area contributed by atoms with E-state index in [2.05, 4.69) is 51.2 Å². The lowest BCUT2D eigenvalue weighted by molar-refractivity contribution is 0.195. The van der Waals surface area contributed by atoms with Crippen molar-refractivity contribution in [2.45, 2.75) is 13.0 Å². The van der Waals surface area contributed by atoms with Crippen LogP contribution < -0.4 is 4.90 Å². The molecule has 0 saturated carbocycles. The van der Waals surface area contributed by atoms with Gasteiger partial charge in [0.1, 0.15) is 0 Å². The summed E-state index contributed by atoms with van der Waals surface area (Å²) in [5.41, 5.74) is 3.13. The number of nitrogens with zero attached hydrogens (tertiary/aromatic N) is 6. The van der Waals surface area contributed by atoms with Crippen LogP contribution in [0.1, 0.15) is 18.7 Å². The third kappa shape index (κ3) is 2.85. The van der Waals surface area contributed by atoms with Crippen molar-refractivity contribution in [3.05, 3.63) is 48.5 Å². The molecule has 3 aromatic heterocycles. The smallest absolute Gasteiger partial charge is 0.159 e. The average Bonchev–Trinajstić information content (AvgIpc) is 3.07. The van der Waals surface area contributed by atoms with Crippen LogP contribution in [0.15, 0.2) is 42.9 Å². The van der Waals surface area contributed by atoms with Crippen LogP contribution in [0.5, 0.6) is 0 Å². The Labute approximate surface area is 141 Å². The van der Waals surface area contributed by atoms with Crippen molar-refractivity contribution >= 4 is 16.7 Å². The summed E-state index contributed by atoms with van der Waals surface area (Å²) < 4.78 is 1.86. The maximum atomic E-state index is 4.75. The first-order valence-electron chi connectivity index (χ1n) is 8.40. The van der Waals surface area contributed by atoms with Crippen molar-refractivity contribution in [3.8, 4) is 0 Å². The Morgan fingerprint density at radius 3 is 2.67 bits per heavy atom. The van der Waals surface area contributed by atoms with Gasteiger partial charge in [-0.3, -0.25) is 9.58 Å². The monoisotopic (exact) mass is 322 g/mol. The molecule has 0 bridgehead atoms. The highest BCUT2D eigenvalue weighted by Gasteiger charge is 2.23. The summed E-state index contributed by atoms with van der Waals surface area (Å²) in [6.45, 7) is 6.32. The second-order valence-electron chi connectivity index (χ2n) is 6.36. The van der Waals surface area contributed by atoms with Gasteiger partial charge in [-0.25, -0.2) is 9.97 Å². The molecular weight excluding hydrogens is 300 g/mol. The molecule has 3 aromatic rings. The van der Waals surface area contributed by atoms with Crippen LogP contribution in [0.3, 0.4) is 0 Å². The average molecular weight is 322 g/mol. The van der Waals surface area contributed by atoms with E-state index in [-0.39, 0.29) is 0 Å². The zero-order valence-electron chi connectivity index (χ0n) is 14.1. The molecule has 0 aromatic carbocycles. The Kier molecular flexibility index (Phi) is 3.90. The topological polar surface area (TPSA) is 50.1 Å². The van der Waals surface area contributed by atoms with E-state index in [1.807, 2.05) is 24.0 Å². The standard InChI is InChI=1S/C18H22N6/c1-14(17-6-5-15-4-3-7-19-18(15)21-17)23-8-10-24(11-9-23)16-12-20-22(2)13-16/h3-7,12-14H,8-11H2,1-2H3. The SMILES string of the molecule is CC(c1ccc2cccnc2n1)N1CCN(c2cnn(C)c2)CC1. The minimum atomic E-state index is 0.299. The van der Waals surface area contributed by atoms with Crippen molar-refractivity contribution in [1.29, 1.82) is 0 Å². The van der Waals surface area contributed by atoms with E-state index in [1.165, 1.54) is 5.69 Å². The van der Waals surface area contributed by atoms with Crippen molar-refractivity contribution < 1.29 is 0 Å². The molecule has 1 unspecified atom stereocenters. The van der Waals surface area contributed by atoms with Gasteiger partial charge in [0, 0.05) is 57.0 Å². The van der Waals surface area contributed by atoms with E-state index in [4.69, 9.17) is 4.98 Å².